The highest BCUT2D eigenvalue weighted by molar-refractivity contribution is 5.43. The molecule has 146 valence electrons. The van der Waals surface area contributed by atoms with Crippen LogP contribution in [0.15, 0.2) is 77.6 Å². The van der Waals surface area contributed by atoms with Gasteiger partial charge in [0, 0.05) is 30.6 Å². The Kier molecular flexibility index (Phi) is 4.71. The Morgan fingerprint density at radius 3 is 2.86 bits per heavy atom. The van der Waals surface area contributed by atoms with Gasteiger partial charge in [-0.3, -0.25) is 5.32 Å². The first-order valence-electron chi connectivity index (χ1n) is 9.83. The standard InChI is InChI=1S/C23H22N4O2/c28-23(20-15-18(29-26-20)14-16-6-2-1-3-7-16)25-19-11-10-17-8-4-5-9-21(17)27-13-12-24-22(19)27/h1-9,12-13,15,19,23,25,28H,10-11,14H2/t19-,23?/m0/s1. The third-order valence-corrected chi connectivity index (χ3v) is 5.37. The molecule has 1 aliphatic heterocycles. The van der Waals surface area contributed by atoms with Crippen LogP contribution in [0.25, 0.3) is 5.69 Å². The highest BCUT2D eigenvalue weighted by Crippen LogP contribution is 2.30. The number of para-hydroxylation sites is 1. The molecule has 0 radical (unpaired) electrons. The molecule has 0 aliphatic carbocycles. The third kappa shape index (κ3) is 3.60. The zero-order valence-electron chi connectivity index (χ0n) is 15.9. The van der Waals surface area contributed by atoms with Gasteiger partial charge in [-0.25, -0.2) is 4.98 Å². The minimum Gasteiger partial charge on any atom is -0.372 e. The van der Waals surface area contributed by atoms with E-state index in [0.29, 0.717) is 12.1 Å². The summed E-state index contributed by atoms with van der Waals surface area (Å²) in [6, 6.07) is 20.1. The molecule has 5 rings (SSSR count). The van der Waals surface area contributed by atoms with Crippen molar-refractivity contribution in [2.24, 2.45) is 0 Å². The molecule has 4 aromatic rings. The van der Waals surface area contributed by atoms with E-state index in [0.717, 1.165) is 35.7 Å². The number of nitrogens with zero attached hydrogens (tertiary/aromatic N) is 3. The quantitative estimate of drug-likeness (QED) is 0.511. The average Bonchev–Trinajstić information content (AvgIpc) is 3.39. The maximum atomic E-state index is 10.8. The number of aromatic nitrogens is 3. The molecule has 2 aromatic heterocycles. The maximum absolute atomic E-state index is 10.8. The van der Waals surface area contributed by atoms with Crippen LogP contribution in [0, 0.1) is 0 Å². The highest BCUT2D eigenvalue weighted by Gasteiger charge is 2.26. The lowest BCUT2D eigenvalue weighted by molar-refractivity contribution is 0.111. The minimum atomic E-state index is -0.931. The zero-order valence-corrected chi connectivity index (χ0v) is 15.9. The SMILES string of the molecule is OC(N[C@H]1CCc2ccccc2-n2ccnc21)c1cc(Cc2ccccc2)on1. The van der Waals surface area contributed by atoms with Crippen LogP contribution in [0.3, 0.4) is 0 Å². The van der Waals surface area contributed by atoms with Gasteiger partial charge in [0.05, 0.1) is 6.04 Å². The zero-order chi connectivity index (χ0) is 19.6. The van der Waals surface area contributed by atoms with Gasteiger partial charge in [-0.15, -0.1) is 0 Å². The average molecular weight is 386 g/mol. The number of nitrogens with one attached hydrogen (secondary N) is 1. The summed E-state index contributed by atoms with van der Waals surface area (Å²) < 4.78 is 7.53. The number of imidazole rings is 1. The van der Waals surface area contributed by atoms with Gasteiger partial charge < -0.3 is 14.2 Å². The largest absolute Gasteiger partial charge is 0.372 e. The van der Waals surface area contributed by atoms with Crippen molar-refractivity contribution in [1.82, 2.24) is 20.0 Å². The molecule has 29 heavy (non-hydrogen) atoms. The number of hydrogen-bond donors (Lipinski definition) is 2. The van der Waals surface area contributed by atoms with Crippen molar-refractivity contribution in [3.8, 4) is 5.69 Å². The van der Waals surface area contributed by atoms with Crippen LogP contribution in [0.5, 0.6) is 0 Å². The Bertz CT molecular complexity index is 1100. The molecular weight excluding hydrogens is 364 g/mol. The summed E-state index contributed by atoms with van der Waals surface area (Å²) in [5.74, 6) is 1.61. The molecule has 0 spiro atoms. The smallest absolute Gasteiger partial charge is 0.152 e. The molecule has 2 N–H and O–H groups in total. The van der Waals surface area contributed by atoms with Crippen molar-refractivity contribution in [3.63, 3.8) is 0 Å². The van der Waals surface area contributed by atoms with E-state index in [1.807, 2.05) is 48.7 Å². The molecule has 1 aliphatic rings. The second kappa shape index (κ2) is 7.66. The van der Waals surface area contributed by atoms with E-state index in [1.165, 1.54) is 5.56 Å². The summed E-state index contributed by atoms with van der Waals surface area (Å²) in [6.07, 6.45) is 5.21. The Labute approximate surface area is 168 Å². The van der Waals surface area contributed by atoms with Crippen LogP contribution in [0.1, 0.15) is 47.1 Å². The molecule has 0 amide bonds. The van der Waals surface area contributed by atoms with Crippen LogP contribution < -0.4 is 5.32 Å². The fourth-order valence-electron chi connectivity index (χ4n) is 3.93. The fourth-order valence-corrected chi connectivity index (χ4v) is 3.93. The fraction of sp³-hybridized carbons (Fsp3) is 0.217. The predicted octanol–water partition coefficient (Wildman–Crippen LogP) is 3.72. The number of benzene rings is 2. The lowest BCUT2D eigenvalue weighted by Gasteiger charge is -2.19. The van der Waals surface area contributed by atoms with Gasteiger partial charge in [0.25, 0.3) is 0 Å². The third-order valence-electron chi connectivity index (χ3n) is 5.37. The van der Waals surface area contributed by atoms with E-state index in [2.05, 4.69) is 38.2 Å². The molecule has 0 saturated carbocycles. The molecule has 6 heteroatoms. The Hall–Kier alpha value is -3.22. The second-order valence-corrected chi connectivity index (χ2v) is 7.33. The number of aryl methyl sites for hydroxylation is 1. The molecular formula is C23H22N4O2. The number of aliphatic hydroxyl groups excluding tert-OH is 1. The van der Waals surface area contributed by atoms with Gasteiger partial charge in [0.2, 0.25) is 0 Å². The Morgan fingerprint density at radius 1 is 1.14 bits per heavy atom. The van der Waals surface area contributed by atoms with Crippen LogP contribution >= 0.6 is 0 Å². The topological polar surface area (TPSA) is 76.1 Å². The second-order valence-electron chi connectivity index (χ2n) is 7.33. The van der Waals surface area contributed by atoms with Gasteiger partial charge in [-0.2, -0.15) is 0 Å². The lowest BCUT2D eigenvalue weighted by Crippen LogP contribution is -2.28. The van der Waals surface area contributed by atoms with E-state index in [9.17, 15) is 5.11 Å². The van der Waals surface area contributed by atoms with Crippen molar-refractivity contribution in [3.05, 3.63) is 101 Å². The molecule has 2 aromatic carbocycles. The number of aliphatic hydroxyl groups is 1. The van der Waals surface area contributed by atoms with Crippen LogP contribution in [-0.2, 0) is 12.8 Å². The normalized spacial score (nSPS) is 16.7. The highest BCUT2D eigenvalue weighted by atomic mass is 16.5. The monoisotopic (exact) mass is 386 g/mol. The number of hydrogen-bond acceptors (Lipinski definition) is 5. The molecule has 0 bridgehead atoms. The van der Waals surface area contributed by atoms with Crippen LogP contribution in [-0.4, -0.2) is 19.8 Å². The summed E-state index contributed by atoms with van der Waals surface area (Å²) in [7, 11) is 0. The summed E-state index contributed by atoms with van der Waals surface area (Å²) >= 11 is 0. The van der Waals surface area contributed by atoms with Gasteiger partial charge in [0.15, 0.2) is 6.23 Å². The van der Waals surface area contributed by atoms with Gasteiger partial charge in [-0.1, -0.05) is 53.7 Å². The summed E-state index contributed by atoms with van der Waals surface area (Å²) in [6.45, 7) is 0. The van der Waals surface area contributed by atoms with E-state index < -0.39 is 6.23 Å². The van der Waals surface area contributed by atoms with E-state index in [1.54, 1.807) is 6.20 Å². The molecule has 0 fully saturated rings. The minimum absolute atomic E-state index is 0.0957. The lowest BCUT2D eigenvalue weighted by atomic mass is 10.1. The number of fused-ring (bicyclic) bond motifs is 3. The first kappa shape index (κ1) is 17.8. The predicted molar refractivity (Wildman–Crippen MR) is 108 cm³/mol. The van der Waals surface area contributed by atoms with Gasteiger partial charge in [0.1, 0.15) is 17.3 Å². The van der Waals surface area contributed by atoms with Crippen molar-refractivity contribution in [2.45, 2.75) is 31.5 Å². The molecule has 1 unspecified atom stereocenters. The van der Waals surface area contributed by atoms with E-state index >= 15 is 0 Å². The van der Waals surface area contributed by atoms with Gasteiger partial charge in [-0.05, 0) is 30.0 Å². The van der Waals surface area contributed by atoms with Crippen molar-refractivity contribution in [1.29, 1.82) is 0 Å². The van der Waals surface area contributed by atoms with E-state index in [4.69, 9.17) is 4.52 Å². The number of rotatable bonds is 5. The van der Waals surface area contributed by atoms with E-state index in [-0.39, 0.29) is 6.04 Å². The molecule has 6 nitrogen and oxygen atoms in total. The Morgan fingerprint density at radius 2 is 1.97 bits per heavy atom. The summed E-state index contributed by atoms with van der Waals surface area (Å²) in [4.78, 5) is 4.55. The summed E-state index contributed by atoms with van der Waals surface area (Å²) in [5.41, 5.74) is 4.04. The van der Waals surface area contributed by atoms with Crippen molar-refractivity contribution in [2.75, 3.05) is 0 Å². The van der Waals surface area contributed by atoms with Crippen molar-refractivity contribution < 1.29 is 9.63 Å². The maximum Gasteiger partial charge on any atom is 0.152 e. The van der Waals surface area contributed by atoms with Crippen LogP contribution in [0.4, 0.5) is 0 Å². The van der Waals surface area contributed by atoms with Crippen molar-refractivity contribution >= 4 is 0 Å². The first-order chi connectivity index (χ1) is 14.3. The summed E-state index contributed by atoms with van der Waals surface area (Å²) in [5, 5.41) is 18.1. The molecule has 2 atom stereocenters. The Balaban J connectivity index is 1.33. The van der Waals surface area contributed by atoms with Crippen LogP contribution in [0.2, 0.25) is 0 Å². The molecule has 0 saturated heterocycles. The molecule has 3 heterocycles. The first-order valence-corrected chi connectivity index (χ1v) is 9.83. The van der Waals surface area contributed by atoms with Gasteiger partial charge >= 0.3 is 0 Å².